The fourth-order valence-corrected chi connectivity index (χ4v) is 8.00. The summed E-state index contributed by atoms with van der Waals surface area (Å²) in [6.45, 7) is 6.43. The van der Waals surface area contributed by atoms with Crippen molar-refractivity contribution < 1.29 is 9.90 Å². The fourth-order valence-electron chi connectivity index (χ4n) is 6.72. The van der Waals surface area contributed by atoms with Crippen LogP contribution in [0.1, 0.15) is 65.7 Å². The summed E-state index contributed by atoms with van der Waals surface area (Å²) in [5, 5.41) is 10.8. The fraction of sp³-hybridized carbons (Fsp3) is 0.850. The Balaban J connectivity index is 1.82. The van der Waals surface area contributed by atoms with Crippen molar-refractivity contribution in [3.8, 4) is 0 Å². The van der Waals surface area contributed by atoms with Crippen LogP contribution >= 0.6 is 23.2 Å². The topological polar surface area (TPSA) is 37.3 Å². The number of carbonyl (C=O) groups excluding carboxylic acids is 1. The molecule has 0 aliphatic heterocycles. The predicted octanol–water partition coefficient (Wildman–Crippen LogP) is 4.85. The van der Waals surface area contributed by atoms with Crippen molar-refractivity contribution in [3.63, 3.8) is 0 Å². The van der Waals surface area contributed by atoms with Gasteiger partial charge in [0.1, 0.15) is 0 Å². The molecule has 24 heavy (non-hydrogen) atoms. The van der Waals surface area contributed by atoms with Gasteiger partial charge in [0, 0.05) is 17.3 Å². The number of fused-ring (bicyclic) bond motifs is 5. The van der Waals surface area contributed by atoms with E-state index in [0.717, 1.165) is 38.5 Å². The molecule has 0 heterocycles. The van der Waals surface area contributed by atoms with Crippen LogP contribution in [-0.4, -0.2) is 26.7 Å². The van der Waals surface area contributed by atoms with E-state index in [1.807, 2.05) is 13.0 Å². The summed E-state index contributed by atoms with van der Waals surface area (Å²) in [7, 11) is 0. The molecule has 4 heteroatoms. The lowest BCUT2D eigenvalue weighted by Gasteiger charge is -2.64. The molecule has 2 nitrogen and oxygen atoms in total. The van der Waals surface area contributed by atoms with Gasteiger partial charge in [-0.15, -0.1) is 23.2 Å². The number of rotatable bonds is 0. The smallest absolute Gasteiger partial charge is 0.155 e. The van der Waals surface area contributed by atoms with Gasteiger partial charge in [-0.1, -0.05) is 19.4 Å². The molecular formula is C20H28Cl2O2. The second-order valence-corrected chi connectivity index (χ2v) is 10.5. The van der Waals surface area contributed by atoms with E-state index in [4.69, 9.17) is 23.2 Å². The summed E-state index contributed by atoms with van der Waals surface area (Å²) < 4.78 is 0. The minimum Gasteiger partial charge on any atom is -0.390 e. The standard InChI is InChI=1S/C20H28Cl2O2/c1-17-8-6-13(23)10-12(17)4-5-15-14-7-9-19(3,24)18(14,2)11-16(21)20(15,17)22/h10,14-16,24H,4-9,11H2,1-3H3/t14-,15-,16?,17-,18-,19?,20-/m0/s1. The van der Waals surface area contributed by atoms with Gasteiger partial charge in [0.2, 0.25) is 0 Å². The molecule has 0 aromatic rings. The van der Waals surface area contributed by atoms with Crippen molar-refractivity contribution in [3.05, 3.63) is 11.6 Å². The van der Waals surface area contributed by atoms with E-state index in [-0.39, 0.29) is 22.0 Å². The Morgan fingerprint density at radius 1 is 1.12 bits per heavy atom. The van der Waals surface area contributed by atoms with Crippen molar-refractivity contribution in [1.82, 2.24) is 0 Å². The quantitative estimate of drug-likeness (QED) is 0.618. The minimum atomic E-state index is -0.664. The van der Waals surface area contributed by atoms with E-state index in [0.29, 0.717) is 18.3 Å². The predicted molar refractivity (Wildman–Crippen MR) is 97.5 cm³/mol. The second-order valence-electron chi connectivity index (χ2n) is 9.39. The Hall–Kier alpha value is -0.0500. The molecule has 4 aliphatic carbocycles. The molecule has 3 saturated carbocycles. The number of carbonyl (C=O) groups is 1. The lowest BCUT2D eigenvalue weighted by molar-refractivity contribution is -0.119. The number of allylic oxidation sites excluding steroid dienone is 1. The van der Waals surface area contributed by atoms with Crippen molar-refractivity contribution in [2.45, 2.75) is 81.6 Å². The van der Waals surface area contributed by atoms with Gasteiger partial charge in [-0.05, 0) is 63.4 Å². The first-order valence-corrected chi connectivity index (χ1v) is 10.2. The summed E-state index contributed by atoms with van der Waals surface area (Å²) in [5.41, 5.74) is 0.185. The van der Waals surface area contributed by atoms with Gasteiger partial charge in [0.15, 0.2) is 5.78 Å². The van der Waals surface area contributed by atoms with Crippen molar-refractivity contribution in [1.29, 1.82) is 0 Å². The highest BCUT2D eigenvalue weighted by Gasteiger charge is 2.70. The maximum atomic E-state index is 11.9. The molecule has 0 aromatic heterocycles. The largest absolute Gasteiger partial charge is 0.390 e. The summed E-state index contributed by atoms with van der Waals surface area (Å²) in [5.74, 6) is 0.956. The van der Waals surface area contributed by atoms with Gasteiger partial charge in [0.25, 0.3) is 0 Å². The van der Waals surface area contributed by atoms with E-state index in [1.54, 1.807) is 0 Å². The minimum absolute atomic E-state index is 0.162. The third-order valence-electron chi connectivity index (χ3n) is 8.56. The first-order valence-electron chi connectivity index (χ1n) is 9.35. The Bertz CT molecular complexity index is 627. The van der Waals surface area contributed by atoms with Crippen LogP contribution in [0.3, 0.4) is 0 Å². The van der Waals surface area contributed by atoms with Crippen LogP contribution in [0.15, 0.2) is 11.6 Å². The Morgan fingerprint density at radius 2 is 1.83 bits per heavy atom. The van der Waals surface area contributed by atoms with Gasteiger partial charge in [-0.25, -0.2) is 0 Å². The van der Waals surface area contributed by atoms with Crippen LogP contribution in [0.2, 0.25) is 0 Å². The maximum absolute atomic E-state index is 11.9. The average molecular weight is 371 g/mol. The normalized spacial score (nSPS) is 57.0. The van der Waals surface area contributed by atoms with Gasteiger partial charge in [-0.2, -0.15) is 0 Å². The molecule has 7 atom stereocenters. The molecule has 0 radical (unpaired) electrons. The molecule has 2 unspecified atom stereocenters. The highest BCUT2D eigenvalue weighted by Crippen LogP contribution is 2.71. The van der Waals surface area contributed by atoms with E-state index in [9.17, 15) is 9.90 Å². The SMILES string of the molecule is CC1(O)CC[C@H]2[C@@H]3CCC4=CC(=O)CC[C@]4(C)[C@@]3(Cl)C(Cl)C[C@@]21C. The van der Waals surface area contributed by atoms with Crippen LogP contribution in [0.5, 0.6) is 0 Å². The average Bonchev–Trinajstić information content (AvgIpc) is 2.72. The lowest BCUT2D eigenvalue weighted by Crippen LogP contribution is -2.66. The molecule has 0 spiro atoms. The van der Waals surface area contributed by atoms with Crippen molar-refractivity contribution in [2.24, 2.45) is 22.7 Å². The molecule has 0 saturated heterocycles. The highest BCUT2D eigenvalue weighted by atomic mass is 35.5. The number of alkyl halides is 2. The first kappa shape index (κ1) is 17.4. The zero-order chi connectivity index (χ0) is 17.5. The summed E-state index contributed by atoms with van der Waals surface area (Å²) in [4.78, 5) is 11.4. The van der Waals surface area contributed by atoms with Crippen LogP contribution in [0.25, 0.3) is 0 Å². The van der Waals surface area contributed by atoms with E-state index in [2.05, 4.69) is 13.8 Å². The van der Waals surface area contributed by atoms with Crippen LogP contribution in [0.4, 0.5) is 0 Å². The molecule has 0 bridgehead atoms. The number of hydrogen-bond acceptors (Lipinski definition) is 2. The van der Waals surface area contributed by atoms with Crippen LogP contribution in [0, 0.1) is 22.7 Å². The van der Waals surface area contributed by atoms with Gasteiger partial charge < -0.3 is 5.11 Å². The molecule has 4 aliphatic rings. The Morgan fingerprint density at radius 3 is 2.54 bits per heavy atom. The number of aliphatic hydroxyl groups is 1. The van der Waals surface area contributed by atoms with Gasteiger partial charge >= 0.3 is 0 Å². The highest BCUT2D eigenvalue weighted by molar-refractivity contribution is 6.33. The van der Waals surface area contributed by atoms with Crippen LogP contribution < -0.4 is 0 Å². The van der Waals surface area contributed by atoms with E-state index in [1.165, 1.54) is 5.57 Å². The van der Waals surface area contributed by atoms with Crippen molar-refractivity contribution in [2.75, 3.05) is 0 Å². The number of halogens is 2. The zero-order valence-corrected chi connectivity index (χ0v) is 16.4. The Labute approximate surface area is 155 Å². The van der Waals surface area contributed by atoms with Gasteiger partial charge in [-0.3, -0.25) is 4.79 Å². The molecule has 134 valence electrons. The monoisotopic (exact) mass is 370 g/mol. The third kappa shape index (κ3) is 1.86. The molecule has 0 amide bonds. The van der Waals surface area contributed by atoms with E-state index >= 15 is 0 Å². The molecular weight excluding hydrogens is 343 g/mol. The first-order chi connectivity index (χ1) is 11.1. The third-order valence-corrected chi connectivity index (χ3v) is 10.1. The van der Waals surface area contributed by atoms with Crippen LogP contribution in [-0.2, 0) is 4.79 Å². The number of ketones is 1. The zero-order valence-electron chi connectivity index (χ0n) is 14.9. The summed E-state index contributed by atoms with van der Waals surface area (Å²) in [6.07, 6.45) is 7.77. The van der Waals surface area contributed by atoms with Gasteiger partial charge in [0.05, 0.1) is 15.9 Å². The maximum Gasteiger partial charge on any atom is 0.155 e. The summed E-state index contributed by atoms with van der Waals surface area (Å²) >= 11 is 14.5. The molecule has 0 aromatic carbocycles. The lowest BCUT2D eigenvalue weighted by atomic mass is 9.46. The molecule has 4 rings (SSSR count). The second kappa shape index (κ2) is 5.02. The van der Waals surface area contributed by atoms with E-state index < -0.39 is 10.5 Å². The van der Waals surface area contributed by atoms with Crippen molar-refractivity contribution >= 4 is 29.0 Å². The molecule has 3 fully saturated rings. The molecule has 1 N–H and O–H groups in total. The number of hydrogen-bond donors (Lipinski definition) is 1. The Kier molecular flexibility index (Phi) is 3.63. The summed E-state index contributed by atoms with van der Waals surface area (Å²) in [6, 6.07) is 0.